The largest absolute Gasteiger partial charge is 0.461 e. The standard InChI is InChI=1S/C25H38N2O6/c1-17(2)31-22(28)21(23(29)32-18(3)4)27(19-11-9-8-10-12-19)20-13-15-26(16-14-20)24(30)33-25(5,6)7/h8-12,17-18,20-21H,13-16H2,1-7H3. The van der Waals surface area contributed by atoms with Crippen molar-refractivity contribution in [2.24, 2.45) is 0 Å². The Hall–Kier alpha value is -2.77. The van der Waals surface area contributed by atoms with Gasteiger partial charge in [0, 0.05) is 24.8 Å². The van der Waals surface area contributed by atoms with Crippen LogP contribution in [0.2, 0.25) is 0 Å². The van der Waals surface area contributed by atoms with Gasteiger partial charge in [-0.2, -0.15) is 0 Å². The summed E-state index contributed by atoms with van der Waals surface area (Å²) in [6.07, 6.45) is 0.0162. The fourth-order valence-corrected chi connectivity index (χ4v) is 3.74. The van der Waals surface area contributed by atoms with Gasteiger partial charge in [-0.3, -0.25) is 0 Å². The van der Waals surface area contributed by atoms with E-state index in [1.54, 1.807) is 37.5 Å². The Morgan fingerprint density at radius 1 is 0.909 bits per heavy atom. The minimum atomic E-state index is -1.24. The molecular formula is C25H38N2O6. The highest BCUT2D eigenvalue weighted by molar-refractivity contribution is 6.03. The van der Waals surface area contributed by atoms with Crippen LogP contribution in [-0.4, -0.2) is 65.9 Å². The number of hydrogen-bond acceptors (Lipinski definition) is 7. The number of anilines is 1. The summed E-state index contributed by atoms with van der Waals surface area (Å²) in [6.45, 7) is 13.4. The molecule has 184 valence electrons. The smallest absolute Gasteiger partial charge is 0.410 e. The van der Waals surface area contributed by atoms with Crippen LogP contribution in [0.25, 0.3) is 0 Å². The van der Waals surface area contributed by atoms with E-state index >= 15 is 0 Å². The van der Waals surface area contributed by atoms with E-state index in [0.717, 1.165) is 5.69 Å². The van der Waals surface area contributed by atoms with E-state index in [9.17, 15) is 14.4 Å². The lowest BCUT2D eigenvalue weighted by Crippen LogP contribution is -2.57. The van der Waals surface area contributed by atoms with Gasteiger partial charge < -0.3 is 24.0 Å². The van der Waals surface area contributed by atoms with Crippen molar-refractivity contribution in [3.8, 4) is 0 Å². The van der Waals surface area contributed by atoms with Gasteiger partial charge in [-0.25, -0.2) is 14.4 Å². The zero-order valence-electron chi connectivity index (χ0n) is 20.9. The van der Waals surface area contributed by atoms with E-state index in [4.69, 9.17) is 14.2 Å². The Morgan fingerprint density at radius 3 is 1.82 bits per heavy atom. The number of amides is 1. The predicted octanol–water partition coefficient (Wildman–Crippen LogP) is 4.16. The van der Waals surface area contributed by atoms with Crippen LogP contribution in [0, 0.1) is 0 Å². The van der Waals surface area contributed by atoms with Crippen LogP contribution < -0.4 is 4.90 Å². The number of nitrogens with zero attached hydrogens (tertiary/aromatic N) is 2. The van der Waals surface area contributed by atoms with E-state index in [1.807, 2.05) is 51.1 Å². The minimum absolute atomic E-state index is 0.171. The number of piperidine rings is 1. The van der Waals surface area contributed by atoms with E-state index in [2.05, 4.69) is 0 Å². The summed E-state index contributed by atoms with van der Waals surface area (Å²) < 4.78 is 16.4. The highest BCUT2D eigenvalue weighted by Crippen LogP contribution is 2.28. The first-order valence-electron chi connectivity index (χ1n) is 11.6. The molecule has 2 rings (SSSR count). The Labute approximate surface area is 197 Å². The van der Waals surface area contributed by atoms with Crippen molar-refractivity contribution in [2.45, 2.75) is 91.2 Å². The molecule has 0 saturated carbocycles. The average Bonchev–Trinajstić information content (AvgIpc) is 2.70. The molecule has 0 atom stereocenters. The summed E-state index contributed by atoms with van der Waals surface area (Å²) in [5, 5.41) is 0. The molecule has 0 N–H and O–H groups in total. The van der Waals surface area contributed by atoms with Crippen molar-refractivity contribution >= 4 is 23.7 Å². The van der Waals surface area contributed by atoms with E-state index in [1.165, 1.54) is 0 Å². The maximum atomic E-state index is 13.1. The summed E-state index contributed by atoms with van der Waals surface area (Å²) in [5.74, 6) is -1.29. The third-order valence-corrected chi connectivity index (χ3v) is 4.99. The molecular weight excluding hydrogens is 424 g/mol. The van der Waals surface area contributed by atoms with Crippen molar-refractivity contribution < 1.29 is 28.6 Å². The number of carbonyl (C=O) groups excluding carboxylic acids is 3. The fraction of sp³-hybridized carbons (Fsp3) is 0.640. The summed E-state index contributed by atoms with van der Waals surface area (Å²) in [6, 6.07) is 7.90. The maximum Gasteiger partial charge on any atom is 0.410 e. The third-order valence-electron chi connectivity index (χ3n) is 4.99. The van der Waals surface area contributed by atoms with Gasteiger partial charge in [0.25, 0.3) is 0 Å². The second kappa shape index (κ2) is 11.4. The molecule has 0 unspecified atom stereocenters. The normalized spacial score (nSPS) is 15.0. The van der Waals surface area contributed by atoms with Gasteiger partial charge in [0.05, 0.1) is 12.2 Å². The van der Waals surface area contributed by atoms with Crippen LogP contribution in [0.3, 0.4) is 0 Å². The molecule has 0 aliphatic carbocycles. The highest BCUT2D eigenvalue weighted by atomic mass is 16.6. The number of para-hydroxylation sites is 1. The summed E-state index contributed by atoms with van der Waals surface area (Å²) in [5.41, 5.74) is 0.149. The molecule has 1 heterocycles. The first-order valence-corrected chi connectivity index (χ1v) is 11.6. The van der Waals surface area contributed by atoms with Crippen LogP contribution in [0.1, 0.15) is 61.3 Å². The van der Waals surface area contributed by atoms with E-state index < -0.39 is 23.6 Å². The molecule has 1 aliphatic rings. The second-order valence-corrected chi connectivity index (χ2v) is 9.82. The number of rotatable bonds is 7. The predicted molar refractivity (Wildman–Crippen MR) is 126 cm³/mol. The quantitative estimate of drug-likeness (QED) is 0.342. The van der Waals surface area contributed by atoms with Crippen LogP contribution in [-0.2, 0) is 23.8 Å². The number of benzene rings is 1. The molecule has 33 heavy (non-hydrogen) atoms. The molecule has 1 aliphatic heterocycles. The molecule has 1 aromatic rings. The topological polar surface area (TPSA) is 85.4 Å². The third kappa shape index (κ3) is 7.94. The van der Waals surface area contributed by atoms with Gasteiger partial charge in [-0.1, -0.05) is 18.2 Å². The zero-order chi connectivity index (χ0) is 24.8. The van der Waals surface area contributed by atoms with Gasteiger partial charge in [-0.15, -0.1) is 0 Å². The van der Waals surface area contributed by atoms with Crippen LogP contribution in [0.15, 0.2) is 30.3 Å². The first kappa shape index (κ1) is 26.5. The van der Waals surface area contributed by atoms with E-state index in [0.29, 0.717) is 25.9 Å². The molecule has 8 nitrogen and oxygen atoms in total. The molecule has 0 bridgehead atoms. The Bertz CT molecular complexity index is 773. The molecule has 1 amide bonds. The molecule has 0 aromatic heterocycles. The number of ether oxygens (including phenoxy) is 3. The summed E-state index contributed by atoms with van der Waals surface area (Å²) in [7, 11) is 0. The van der Waals surface area contributed by atoms with Crippen molar-refractivity contribution in [1.82, 2.24) is 4.90 Å². The Balaban J connectivity index is 2.32. The number of hydrogen-bond donors (Lipinski definition) is 0. The first-order chi connectivity index (χ1) is 15.4. The lowest BCUT2D eigenvalue weighted by Gasteiger charge is -2.42. The zero-order valence-corrected chi connectivity index (χ0v) is 20.9. The van der Waals surface area contributed by atoms with Gasteiger partial charge in [0.1, 0.15) is 5.60 Å². The molecule has 1 saturated heterocycles. The Kier molecular flexibility index (Phi) is 9.14. The lowest BCUT2D eigenvalue weighted by atomic mass is 9.99. The highest BCUT2D eigenvalue weighted by Gasteiger charge is 2.42. The number of esters is 2. The van der Waals surface area contributed by atoms with Gasteiger partial charge in [-0.05, 0) is 73.4 Å². The minimum Gasteiger partial charge on any atom is -0.461 e. The maximum absolute atomic E-state index is 13.1. The van der Waals surface area contributed by atoms with Gasteiger partial charge in [0.15, 0.2) is 0 Å². The second-order valence-electron chi connectivity index (χ2n) is 9.82. The van der Waals surface area contributed by atoms with Gasteiger partial charge in [0.2, 0.25) is 6.04 Å². The van der Waals surface area contributed by atoms with Crippen molar-refractivity contribution in [3.63, 3.8) is 0 Å². The van der Waals surface area contributed by atoms with Crippen LogP contribution in [0.4, 0.5) is 10.5 Å². The van der Waals surface area contributed by atoms with Gasteiger partial charge >= 0.3 is 18.0 Å². The monoisotopic (exact) mass is 462 g/mol. The number of carbonyl (C=O) groups is 3. The summed E-state index contributed by atoms with van der Waals surface area (Å²) in [4.78, 5) is 42.2. The fourth-order valence-electron chi connectivity index (χ4n) is 3.74. The molecule has 0 radical (unpaired) electrons. The molecule has 1 fully saturated rings. The summed E-state index contributed by atoms with van der Waals surface area (Å²) >= 11 is 0. The van der Waals surface area contributed by atoms with Crippen LogP contribution >= 0.6 is 0 Å². The average molecular weight is 463 g/mol. The lowest BCUT2D eigenvalue weighted by molar-refractivity contribution is -0.161. The molecule has 8 heteroatoms. The van der Waals surface area contributed by atoms with Crippen molar-refractivity contribution in [3.05, 3.63) is 30.3 Å². The molecule has 0 spiro atoms. The van der Waals surface area contributed by atoms with Crippen LogP contribution in [0.5, 0.6) is 0 Å². The SMILES string of the molecule is CC(C)OC(=O)C(C(=O)OC(C)C)N(c1ccccc1)C1CCN(C(=O)OC(C)(C)C)CC1. The van der Waals surface area contributed by atoms with Crippen molar-refractivity contribution in [1.29, 1.82) is 0 Å². The van der Waals surface area contributed by atoms with E-state index in [-0.39, 0.29) is 24.3 Å². The molecule has 1 aromatic carbocycles. The number of likely N-dealkylation sites (tertiary alicyclic amines) is 1. The Morgan fingerprint density at radius 2 is 1.39 bits per heavy atom. The van der Waals surface area contributed by atoms with Crippen molar-refractivity contribution in [2.75, 3.05) is 18.0 Å².